The van der Waals surface area contributed by atoms with E-state index in [-0.39, 0.29) is 35.9 Å². The minimum atomic E-state index is -4.85. The normalized spacial score (nSPS) is 18.1. The average molecular weight is 505 g/mol. The minimum absolute atomic E-state index is 0.0763. The summed E-state index contributed by atoms with van der Waals surface area (Å²) in [5.41, 5.74) is -0.958. The standard InChI is InChI=1S/C20H27F3N6O4S/c1-4-14-8-15(20(21,22)23)10-16(9-14)25-19(30)29(31)34(32,33)28(18-11-24-27(3)12-18)13-17-6-5-7-26(17)2/h8-12,17,29H,4-7,13H2,1-3H3,(H,25,30)/t17-/m0/s1. The largest absolute Gasteiger partial charge is 0.608 e. The first-order valence-corrected chi connectivity index (χ1v) is 12.0. The predicted molar refractivity (Wildman–Crippen MR) is 119 cm³/mol. The molecule has 1 saturated heterocycles. The molecule has 2 amide bonds. The molecule has 3 rings (SSSR count). The number of benzene rings is 1. The first-order chi connectivity index (χ1) is 15.8. The van der Waals surface area contributed by atoms with Crippen LogP contribution in [-0.4, -0.2) is 55.3 Å². The molecular weight excluding hydrogens is 477 g/mol. The molecule has 1 aliphatic heterocycles. The molecule has 0 saturated carbocycles. The molecule has 2 heterocycles. The van der Waals surface area contributed by atoms with Crippen LogP contribution < -0.4 is 14.1 Å². The van der Waals surface area contributed by atoms with Gasteiger partial charge in [0.1, 0.15) is 0 Å². The van der Waals surface area contributed by atoms with Gasteiger partial charge in [-0.1, -0.05) is 6.92 Å². The highest BCUT2D eigenvalue weighted by atomic mass is 32.2. The van der Waals surface area contributed by atoms with Gasteiger partial charge in [0.2, 0.25) is 0 Å². The summed E-state index contributed by atoms with van der Waals surface area (Å²) >= 11 is 0. The van der Waals surface area contributed by atoms with E-state index in [0.717, 1.165) is 23.3 Å². The third kappa shape index (κ3) is 5.68. The third-order valence-corrected chi connectivity index (χ3v) is 7.32. The molecule has 2 atom stereocenters. The molecule has 1 aliphatic rings. The van der Waals surface area contributed by atoms with Crippen molar-refractivity contribution in [3.8, 4) is 0 Å². The number of alkyl halides is 3. The highest BCUT2D eigenvalue weighted by Crippen LogP contribution is 2.32. The van der Waals surface area contributed by atoms with E-state index in [2.05, 4.69) is 5.10 Å². The lowest BCUT2D eigenvalue weighted by atomic mass is 10.1. The Kier molecular flexibility index (Phi) is 7.55. The average Bonchev–Trinajstić information content (AvgIpc) is 3.37. The molecule has 188 valence electrons. The monoisotopic (exact) mass is 504 g/mol. The van der Waals surface area contributed by atoms with E-state index in [1.165, 1.54) is 23.1 Å². The van der Waals surface area contributed by atoms with Gasteiger partial charge in [-0.3, -0.25) is 10.00 Å². The number of likely N-dealkylation sites (N-methyl/N-ethyl adjacent to an activating group) is 1. The number of anilines is 2. The fraction of sp³-hybridized carbons (Fsp3) is 0.500. The maximum atomic E-state index is 13.2. The van der Waals surface area contributed by atoms with E-state index >= 15 is 0 Å². The fourth-order valence-corrected chi connectivity index (χ4v) is 5.04. The third-order valence-electron chi connectivity index (χ3n) is 5.72. The van der Waals surface area contributed by atoms with Crippen LogP contribution in [0.1, 0.15) is 30.9 Å². The van der Waals surface area contributed by atoms with E-state index in [1.807, 2.05) is 17.3 Å². The van der Waals surface area contributed by atoms with Crippen LogP contribution in [0.5, 0.6) is 0 Å². The predicted octanol–water partition coefficient (Wildman–Crippen LogP) is 1.76. The van der Waals surface area contributed by atoms with E-state index in [0.29, 0.717) is 12.5 Å². The van der Waals surface area contributed by atoms with Crippen LogP contribution in [0, 0.1) is 5.21 Å². The quantitative estimate of drug-likeness (QED) is 0.556. The van der Waals surface area contributed by atoms with Crippen molar-refractivity contribution >= 4 is 27.6 Å². The lowest BCUT2D eigenvalue weighted by Crippen LogP contribution is -3.14. The number of carbonyl (C=O) groups is 1. The van der Waals surface area contributed by atoms with Gasteiger partial charge in [0.25, 0.3) is 0 Å². The number of aryl methyl sites for hydroxylation is 2. The van der Waals surface area contributed by atoms with Gasteiger partial charge in [-0.2, -0.15) is 31.2 Å². The van der Waals surface area contributed by atoms with Crippen molar-refractivity contribution in [1.82, 2.24) is 14.7 Å². The van der Waals surface area contributed by atoms with Crippen molar-refractivity contribution in [1.29, 1.82) is 0 Å². The molecule has 14 heteroatoms. The molecule has 1 unspecified atom stereocenters. The van der Waals surface area contributed by atoms with Crippen LogP contribution in [0.2, 0.25) is 0 Å². The number of rotatable bonds is 7. The minimum Gasteiger partial charge on any atom is -0.608 e. The van der Waals surface area contributed by atoms with E-state index < -0.39 is 32.4 Å². The Bertz CT molecular complexity index is 1140. The smallest absolute Gasteiger partial charge is 0.436 e. The summed E-state index contributed by atoms with van der Waals surface area (Å²) in [6.45, 7) is 2.31. The second kappa shape index (κ2) is 9.90. The topological polar surface area (TPSA) is 115 Å². The summed E-state index contributed by atoms with van der Waals surface area (Å²) in [6, 6.07) is 1.12. The van der Waals surface area contributed by atoms with Crippen LogP contribution >= 0.6 is 0 Å². The number of halogens is 3. The molecule has 1 aromatic heterocycles. The van der Waals surface area contributed by atoms with Crippen LogP contribution in [0.4, 0.5) is 29.3 Å². The molecule has 0 aliphatic carbocycles. The number of carbonyl (C=O) groups excluding carboxylic acids is 1. The van der Waals surface area contributed by atoms with Crippen molar-refractivity contribution in [3.05, 3.63) is 46.9 Å². The summed E-state index contributed by atoms with van der Waals surface area (Å²) in [5.74, 6) is 0. The zero-order valence-corrected chi connectivity index (χ0v) is 19.8. The molecule has 0 bridgehead atoms. The van der Waals surface area contributed by atoms with E-state index in [4.69, 9.17) is 0 Å². The van der Waals surface area contributed by atoms with E-state index in [9.17, 15) is 31.6 Å². The molecule has 0 radical (unpaired) electrons. The van der Waals surface area contributed by atoms with Crippen molar-refractivity contribution in [2.75, 3.05) is 29.8 Å². The molecule has 1 aromatic carbocycles. The van der Waals surface area contributed by atoms with E-state index in [1.54, 1.807) is 14.0 Å². The van der Waals surface area contributed by atoms with Crippen LogP contribution in [0.25, 0.3) is 0 Å². The van der Waals surface area contributed by atoms with Gasteiger partial charge in [0, 0.05) is 25.0 Å². The van der Waals surface area contributed by atoms with Gasteiger partial charge in [-0.05, 0) is 56.6 Å². The number of aromatic nitrogens is 2. The molecule has 34 heavy (non-hydrogen) atoms. The SMILES string of the molecule is CCc1cc(NC(=O)[NH+]([O-])S(=O)(=O)N(C[C@@H]2CCCN2C)c2cnn(C)c2)cc(C(F)(F)F)c1. The zero-order chi connectivity index (χ0) is 25.3. The van der Waals surface area contributed by atoms with Crippen LogP contribution in [-0.2, 0) is 29.9 Å². The number of urea groups is 1. The lowest BCUT2D eigenvalue weighted by Gasteiger charge is -2.31. The molecule has 1 fully saturated rings. The van der Waals surface area contributed by atoms with Gasteiger partial charge in [0.05, 0.1) is 24.0 Å². The Balaban J connectivity index is 1.88. The Labute approximate surface area is 195 Å². The maximum absolute atomic E-state index is 13.2. The summed E-state index contributed by atoms with van der Waals surface area (Å²) in [5, 5.41) is 18.7. The van der Waals surface area contributed by atoms with Crippen LogP contribution in [0.15, 0.2) is 30.6 Å². The first-order valence-electron chi connectivity index (χ1n) is 10.6. The van der Waals surface area contributed by atoms with Gasteiger partial charge in [0.15, 0.2) is 0 Å². The Morgan fingerprint density at radius 2 is 2.03 bits per heavy atom. The molecule has 0 spiro atoms. The van der Waals surface area contributed by atoms with Crippen molar-refractivity contribution in [3.63, 3.8) is 0 Å². The molecule has 2 N–H and O–H groups in total. The lowest BCUT2D eigenvalue weighted by molar-refractivity contribution is -0.604. The Morgan fingerprint density at radius 3 is 2.56 bits per heavy atom. The Hall–Kier alpha value is -2.68. The number of hydroxylamine groups is 1. The highest BCUT2D eigenvalue weighted by molar-refractivity contribution is 7.86. The summed E-state index contributed by atoms with van der Waals surface area (Å²) < 4.78 is 66.4. The van der Waals surface area contributed by atoms with Gasteiger partial charge in [-0.25, -0.2) is 9.10 Å². The number of hydrogen-bond acceptors (Lipinski definition) is 6. The highest BCUT2D eigenvalue weighted by Gasteiger charge is 2.38. The number of quaternary nitrogens is 1. The second-order valence-corrected chi connectivity index (χ2v) is 9.96. The number of amides is 2. The van der Waals surface area contributed by atoms with Crippen molar-refractivity contribution in [2.45, 2.75) is 38.4 Å². The number of hydrogen-bond donors (Lipinski definition) is 2. The number of likely N-dealkylation sites (tertiary alicyclic amines) is 1. The maximum Gasteiger partial charge on any atom is 0.436 e. The second-order valence-electron chi connectivity index (χ2n) is 8.20. The van der Waals surface area contributed by atoms with Gasteiger partial charge in [-0.15, -0.1) is 0 Å². The van der Waals surface area contributed by atoms with Crippen molar-refractivity contribution in [2.24, 2.45) is 7.05 Å². The van der Waals surface area contributed by atoms with Gasteiger partial charge >= 0.3 is 22.4 Å². The number of nitrogens with zero attached hydrogens (tertiary/aromatic N) is 4. The Morgan fingerprint density at radius 1 is 1.32 bits per heavy atom. The summed E-state index contributed by atoms with van der Waals surface area (Å²) in [7, 11) is -1.44. The summed E-state index contributed by atoms with van der Waals surface area (Å²) in [4.78, 5) is 14.5. The summed E-state index contributed by atoms with van der Waals surface area (Å²) in [6.07, 6.45) is -0.219. The molecule has 10 nitrogen and oxygen atoms in total. The number of nitrogens with one attached hydrogen (secondary N) is 2. The molecular formula is C20H27F3N6O4S. The molecule has 2 aromatic rings. The zero-order valence-electron chi connectivity index (χ0n) is 19.0. The fourth-order valence-electron chi connectivity index (χ4n) is 3.81. The van der Waals surface area contributed by atoms with Gasteiger partial charge < -0.3 is 10.1 Å². The first kappa shape index (κ1) is 25.9. The van der Waals surface area contributed by atoms with Crippen molar-refractivity contribution < 1.29 is 30.9 Å². The van der Waals surface area contributed by atoms with Crippen LogP contribution in [0.3, 0.4) is 0 Å².